The second-order valence-corrected chi connectivity index (χ2v) is 7.47. The fraction of sp³-hybridized carbons (Fsp3) is 0.222. The smallest absolute Gasteiger partial charge is 0.265 e. The van der Waals surface area contributed by atoms with E-state index >= 15 is 0 Å². The maximum absolute atomic E-state index is 11.8. The van der Waals surface area contributed by atoms with Crippen LogP contribution in [0.15, 0.2) is 58.6 Å². The maximum atomic E-state index is 11.8. The lowest BCUT2D eigenvalue weighted by Gasteiger charge is -2.06. The van der Waals surface area contributed by atoms with Crippen molar-refractivity contribution in [3.8, 4) is 0 Å². The SMILES string of the molecule is CCc1ccc(/C=N\OCC(=O)Nc2cccc(S(C)(=O)=O)c2)cc1. The first kappa shape index (κ1) is 18.7. The molecule has 132 valence electrons. The van der Waals surface area contributed by atoms with Crippen LogP contribution < -0.4 is 5.32 Å². The highest BCUT2D eigenvalue weighted by Gasteiger charge is 2.09. The number of rotatable bonds is 7. The van der Waals surface area contributed by atoms with E-state index in [1.54, 1.807) is 12.1 Å². The number of anilines is 1. The van der Waals surface area contributed by atoms with Crippen LogP contribution in [0.2, 0.25) is 0 Å². The van der Waals surface area contributed by atoms with E-state index in [1.165, 1.54) is 23.9 Å². The quantitative estimate of drug-likeness (QED) is 0.608. The number of amides is 1. The third-order valence-corrected chi connectivity index (χ3v) is 4.52. The zero-order valence-electron chi connectivity index (χ0n) is 14.1. The van der Waals surface area contributed by atoms with Gasteiger partial charge in [0, 0.05) is 11.9 Å². The van der Waals surface area contributed by atoms with Crippen molar-refractivity contribution in [2.24, 2.45) is 5.16 Å². The zero-order valence-corrected chi connectivity index (χ0v) is 14.9. The molecule has 0 heterocycles. The van der Waals surface area contributed by atoms with E-state index < -0.39 is 15.7 Å². The molecule has 25 heavy (non-hydrogen) atoms. The number of nitrogens with zero attached hydrogens (tertiary/aromatic N) is 1. The van der Waals surface area contributed by atoms with Crippen LogP contribution in [0, 0.1) is 0 Å². The molecule has 0 saturated heterocycles. The van der Waals surface area contributed by atoms with Crippen molar-refractivity contribution in [2.75, 3.05) is 18.2 Å². The van der Waals surface area contributed by atoms with Crippen LogP contribution in [0.25, 0.3) is 0 Å². The molecular formula is C18H20N2O4S. The molecule has 0 fully saturated rings. The third kappa shape index (κ3) is 6.04. The summed E-state index contributed by atoms with van der Waals surface area (Å²) in [5, 5.41) is 6.32. The Morgan fingerprint density at radius 3 is 2.56 bits per heavy atom. The molecule has 0 unspecified atom stereocenters. The Labute approximate surface area is 147 Å². The number of oxime groups is 1. The molecule has 2 rings (SSSR count). The third-order valence-electron chi connectivity index (χ3n) is 3.41. The molecule has 0 aliphatic heterocycles. The molecule has 7 heteroatoms. The average molecular weight is 360 g/mol. The Bertz CT molecular complexity index is 859. The van der Waals surface area contributed by atoms with Gasteiger partial charge in [-0.05, 0) is 35.7 Å². The highest BCUT2D eigenvalue weighted by atomic mass is 32.2. The number of sulfone groups is 1. The van der Waals surface area contributed by atoms with Gasteiger partial charge in [0.25, 0.3) is 5.91 Å². The predicted octanol–water partition coefficient (Wildman–Crippen LogP) is 2.64. The summed E-state index contributed by atoms with van der Waals surface area (Å²) in [6.45, 7) is 1.81. The van der Waals surface area contributed by atoms with Crippen LogP contribution in [0.4, 0.5) is 5.69 Å². The van der Waals surface area contributed by atoms with Gasteiger partial charge in [0.15, 0.2) is 16.4 Å². The summed E-state index contributed by atoms with van der Waals surface area (Å²) in [6.07, 6.45) is 3.60. The average Bonchev–Trinajstić information content (AvgIpc) is 2.59. The normalized spacial score (nSPS) is 11.4. The van der Waals surface area contributed by atoms with Crippen LogP contribution in [0.3, 0.4) is 0 Å². The van der Waals surface area contributed by atoms with Gasteiger partial charge in [0.2, 0.25) is 0 Å². The first-order chi connectivity index (χ1) is 11.9. The topological polar surface area (TPSA) is 84.8 Å². The molecule has 0 radical (unpaired) electrons. The largest absolute Gasteiger partial charge is 0.386 e. The van der Waals surface area contributed by atoms with E-state index in [0.29, 0.717) is 5.69 Å². The van der Waals surface area contributed by atoms with Crippen molar-refractivity contribution in [1.29, 1.82) is 0 Å². The van der Waals surface area contributed by atoms with Gasteiger partial charge in [-0.1, -0.05) is 42.4 Å². The summed E-state index contributed by atoms with van der Waals surface area (Å²) >= 11 is 0. The standard InChI is InChI=1S/C18H20N2O4S/c1-3-14-7-9-15(10-8-14)12-19-24-13-18(21)20-16-5-4-6-17(11-16)25(2,22)23/h4-12H,3,13H2,1-2H3,(H,20,21)/b19-12-. The van der Waals surface area contributed by atoms with E-state index in [-0.39, 0.29) is 11.5 Å². The highest BCUT2D eigenvalue weighted by molar-refractivity contribution is 7.90. The van der Waals surface area contributed by atoms with Gasteiger partial charge >= 0.3 is 0 Å². The van der Waals surface area contributed by atoms with Crippen LogP contribution in [-0.4, -0.2) is 33.4 Å². The monoisotopic (exact) mass is 360 g/mol. The summed E-state index contributed by atoms with van der Waals surface area (Å²) < 4.78 is 23.0. The number of carbonyl (C=O) groups is 1. The molecule has 1 amide bonds. The lowest BCUT2D eigenvalue weighted by atomic mass is 10.1. The number of hydrogen-bond acceptors (Lipinski definition) is 5. The van der Waals surface area contributed by atoms with Crippen LogP contribution >= 0.6 is 0 Å². The van der Waals surface area contributed by atoms with Gasteiger partial charge in [-0.2, -0.15) is 0 Å². The number of hydrogen-bond donors (Lipinski definition) is 1. The van der Waals surface area contributed by atoms with Gasteiger partial charge in [-0.25, -0.2) is 8.42 Å². The van der Waals surface area contributed by atoms with Crippen LogP contribution in [0.1, 0.15) is 18.1 Å². The molecule has 0 aliphatic carbocycles. The van der Waals surface area contributed by atoms with Crippen LogP contribution in [0.5, 0.6) is 0 Å². The van der Waals surface area contributed by atoms with Crippen molar-refractivity contribution in [1.82, 2.24) is 0 Å². The predicted molar refractivity (Wildman–Crippen MR) is 97.5 cm³/mol. The van der Waals surface area contributed by atoms with E-state index in [0.717, 1.165) is 18.2 Å². The Morgan fingerprint density at radius 2 is 1.92 bits per heavy atom. The summed E-state index contributed by atoms with van der Waals surface area (Å²) in [5.41, 5.74) is 2.49. The number of benzene rings is 2. The minimum atomic E-state index is -3.32. The Hall–Kier alpha value is -2.67. The Morgan fingerprint density at radius 1 is 1.20 bits per heavy atom. The lowest BCUT2D eigenvalue weighted by Crippen LogP contribution is -2.17. The van der Waals surface area contributed by atoms with E-state index in [2.05, 4.69) is 17.4 Å². The van der Waals surface area contributed by atoms with Gasteiger partial charge in [-0.15, -0.1) is 0 Å². The van der Waals surface area contributed by atoms with E-state index in [1.807, 2.05) is 24.3 Å². The number of aryl methyl sites for hydroxylation is 1. The second kappa shape index (κ2) is 8.43. The molecular weight excluding hydrogens is 340 g/mol. The van der Waals surface area contributed by atoms with Gasteiger partial charge < -0.3 is 10.2 Å². The first-order valence-corrected chi connectivity index (χ1v) is 9.62. The first-order valence-electron chi connectivity index (χ1n) is 7.72. The van der Waals surface area contributed by atoms with Gasteiger partial charge in [-0.3, -0.25) is 4.79 Å². The fourth-order valence-corrected chi connectivity index (χ4v) is 2.70. The molecule has 0 saturated carbocycles. The molecule has 0 spiro atoms. The van der Waals surface area contributed by atoms with Crippen molar-refractivity contribution >= 4 is 27.6 Å². The lowest BCUT2D eigenvalue weighted by molar-refractivity contribution is -0.120. The molecule has 2 aromatic carbocycles. The van der Waals surface area contributed by atoms with Crippen molar-refractivity contribution < 1.29 is 18.0 Å². The number of carbonyl (C=O) groups excluding carboxylic acids is 1. The summed E-state index contributed by atoms with van der Waals surface area (Å²) in [4.78, 5) is 16.9. The molecule has 2 aromatic rings. The summed E-state index contributed by atoms with van der Waals surface area (Å²) in [7, 11) is -3.32. The fourth-order valence-electron chi connectivity index (χ4n) is 2.03. The summed E-state index contributed by atoms with van der Waals surface area (Å²) in [6, 6.07) is 13.9. The summed E-state index contributed by atoms with van der Waals surface area (Å²) in [5.74, 6) is -0.427. The Kier molecular flexibility index (Phi) is 6.30. The molecule has 0 aliphatic rings. The second-order valence-electron chi connectivity index (χ2n) is 5.45. The van der Waals surface area contributed by atoms with Crippen molar-refractivity contribution in [2.45, 2.75) is 18.2 Å². The zero-order chi connectivity index (χ0) is 18.3. The molecule has 6 nitrogen and oxygen atoms in total. The van der Waals surface area contributed by atoms with E-state index in [9.17, 15) is 13.2 Å². The molecule has 0 aromatic heterocycles. The maximum Gasteiger partial charge on any atom is 0.265 e. The number of nitrogens with one attached hydrogen (secondary N) is 1. The minimum absolute atomic E-state index is 0.139. The van der Waals surface area contributed by atoms with Crippen molar-refractivity contribution in [3.05, 3.63) is 59.7 Å². The van der Waals surface area contributed by atoms with E-state index in [4.69, 9.17) is 4.84 Å². The Balaban J connectivity index is 1.85. The van der Waals surface area contributed by atoms with Crippen molar-refractivity contribution in [3.63, 3.8) is 0 Å². The minimum Gasteiger partial charge on any atom is -0.386 e. The van der Waals surface area contributed by atoms with Gasteiger partial charge in [0.05, 0.1) is 11.1 Å². The highest BCUT2D eigenvalue weighted by Crippen LogP contribution is 2.15. The molecule has 0 atom stereocenters. The molecule has 0 bridgehead atoms. The van der Waals surface area contributed by atoms with Gasteiger partial charge in [0.1, 0.15) is 0 Å². The van der Waals surface area contributed by atoms with Crippen LogP contribution in [-0.2, 0) is 25.9 Å². The molecule has 1 N–H and O–H groups in total.